The third-order valence-corrected chi connectivity index (χ3v) is 4.30. The monoisotopic (exact) mass is 251 g/mol. The fourth-order valence-electron chi connectivity index (χ4n) is 3.25. The van der Waals surface area contributed by atoms with Crippen LogP contribution in [0.3, 0.4) is 0 Å². The second-order valence-electron chi connectivity index (χ2n) is 5.68. The van der Waals surface area contributed by atoms with Gasteiger partial charge >= 0.3 is 0 Å². The van der Waals surface area contributed by atoms with Crippen LogP contribution in [0.4, 0.5) is 0 Å². The van der Waals surface area contributed by atoms with Gasteiger partial charge in [-0.25, -0.2) is 0 Å². The summed E-state index contributed by atoms with van der Waals surface area (Å²) < 4.78 is 5.49. The van der Waals surface area contributed by atoms with Gasteiger partial charge in [0.1, 0.15) is 5.54 Å². The summed E-state index contributed by atoms with van der Waals surface area (Å²) in [5.74, 6) is 0. The lowest BCUT2D eigenvalue weighted by atomic mass is 9.98. The van der Waals surface area contributed by atoms with E-state index in [0.29, 0.717) is 12.1 Å². The van der Waals surface area contributed by atoms with E-state index in [0.717, 1.165) is 52.0 Å². The molecule has 4 nitrogen and oxygen atoms in total. The summed E-state index contributed by atoms with van der Waals surface area (Å²) in [4.78, 5) is 2.54. The summed E-state index contributed by atoms with van der Waals surface area (Å²) in [6.45, 7) is 8.00. The van der Waals surface area contributed by atoms with E-state index in [1.54, 1.807) is 0 Å². The largest absolute Gasteiger partial charge is 0.379 e. The van der Waals surface area contributed by atoms with E-state index in [1.165, 1.54) is 0 Å². The molecule has 3 unspecified atom stereocenters. The maximum Gasteiger partial charge on any atom is 0.108 e. The first-order chi connectivity index (χ1) is 8.71. The molecule has 1 N–H and O–H groups in total. The van der Waals surface area contributed by atoms with Crippen molar-refractivity contribution in [3.8, 4) is 6.07 Å². The first-order valence-electron chi connectivity index (χ1n) is 7.20. The van der Waals surface area contributed by atoms with Crippen LogP contribution in [0, 0.1) is 11.3 Å². The molecular formula is C14H25N3O. The molecule has 1 saturated heterocycles. The maximum absolute atomic E-state index is 9.47. The van der Waals surface area contributed by atoms with Crippen molar-refractivity contribution >= 4 is 0 Å². The van der Waals surface area contributed by atoms with Gasteiger partial charge in [0.25, 0.3) is 0 Å². The SMILES string of the molecule is CCCNC1(C#N)CCC(N2CCOCC2C)C1. The predicted octanol–water partition coefficient (Wildman–Crippen LogP) is 1.52. The van der Waals surface area contributed by atoms with E-state index >= 15 is 0 Å². The minimum atomic E-state index is -0.279. The molecule has 0 bridgehead atoms. The van der Waals surface area contributed by atoms with Crippen LogP contribution in [0.5, 0.6) is 0 Å². The fraction of sp³-hybridized carbons (Fsp3) is 0.929. The van der Waals surface area contributed by atoms with Gasteiger partial charge in [0.15, 0.2) is 0 Å². The Morgan fingerprint density at radius 3 is 3.06 bits per heavy atom. The zero-order valence-corrected chi connectivity index (χ0v) is 11.6. The Morgan fingerprint density at radius 1 is 1.56 bits per heavy atom. The molecule has 0 amide bonds. The normalized spacial score (nSPS) is 37.6. The van der Waals surface area contributed by atoms with Crippen molar-refractivity contribution in [3.63, 3.8) is 0 Å². The highest BCUT2D eigenvalue weighted by atomic mass is 16.5. The van der Waals surface area contributed by atoms with Gasteiger partial charge in [-0.15, -0.1) is 0 Å². The van der Waals surface area contributed by atoms with E-state index in [9.17, 15) is 5.26 Å². The molecule has 2 aliphatic rings. The average molecular weight is 251 g/mol. The predicted molar refractivity (Wildman–Crippen MR) is 71.3 cm³/mol. The zero-order valence-electron chi connectivity index (χ0n) is 11.6. The molecule has 1 aliphatic heterocycles. The van der Waals surface area contributed by atoms with Crippen molar-refractivity contribution in [2.75, 3.05) is 26.3 Å². The molecule has 2 rings (SSSR count). The second kappa shape index (κ2) is 6.01. The Bertz CT molecular complexity index is 315. The number of hydrogen-bond acceptors (Lipinski definition) is 4. The first-order valence-corrected chi connectivity index (χ1v) is 7.20. The van der Waals surface area contributed by atoms with Gasteiger partial charge in [0.05, 0.1) is 19.3 Å². The summed E-state index contributed by atoms with van der Waals surface area (Å²) in [6, 6.07) is 3.57. The summed E-state index contributed by atoms with van der Waals surface area (Å²) >= 11 is 0. The van der Waals surface area contributed by atoms with Crippen molar-refractivity contribution < 1.29 is 4.74 Å². The summed E-state index contributed by atoms with van der Waals surface area (Å²) in [5.41, 5.74) is -0.279. The van der Waals surface area contributed by atoms with Crippen LogP contribution >= 0.6 is 0 Å². The van der Waals surface area contributed by atoms with E-state index in [4.69, 9.17) is 4.74 Å². The maximum atomic E-state index is 9.47. The molecular weight excluding hydrogens is 226 g/mol. The van der Waals surface area contributed by atoms with E-state index in [2.05, 4.69) is 30.1 Å². The number of rotatable bonds is 4. The van der Waals surface area contributed by atoms with Gasteiger partial charge in [0.2, 0.25) is 0 Å². The number of nitrogens with zero attached hydrogens (tertiary/aromatic N) is 2. The smallest absolute Gasteiger partial charge is 0.108 e. The van der Waals surface area contributed by atoms with Crippen LogP contribution in [-0.2, 0) is 4.74 Å². The van der Waals surface area contributed by atoms with E-state index in [-0.39, 0.29) is 5.54 Å². The number of hydrogen-bond donors (Lipinski definition) is 1. The number of ether oxygens (including phenoxy) is 1. The third-order valence-electron chi connectivity index (χ3n) is 4.30. The van der Waals surface area contributed by atoms with Crippen LogP contribution in [0.15, 0.2) is 0 Å². The van der Waals surface area contributed by atoms with Crippen molar-refractivity contribution in [1.29, 1.82) is 5.26 Å². The van der Waals surface area contributed by atoms with Crippen molar-refractivity contribution in [2.24, 2.45) is 0 Å². The highest BCUT2D eigenvalue weighted by Gasteiger charge is 2.42. The van der Waals surface area contributed by atoms with Gasteiger partial charge in [-0.1, -0.05) is 6.92 Å². The van der Waals surface area contributed by atoms with Crippen LogP contribution in [-0.4, -0.2) is 48.8 Å². The molecule has 1 heterocycles. The Labute approximate surface area is 110 Å². The van der Waals surface area contributed by atoms with Gasteiger partial charge in [0, 0.05) is 18.6 Å². The Balaban J connectivity index is 1.95. The highest BCUT2D eigenvalue weighted by Crippen LogP contribution is 2.34. The molecule has 1 saturated carbocycles. The zero-order chi connectivity index (χ0) is 13.0. The minimum absolute atomic E-state index is 0.279. The Morgan fingerprint density at radius 2 is 2.39 bits per heavy atom. The van der Waals surface area contributed by atoms with Gasteiger partial charge in [-0.05, 0) is 39.2 Å². The topological polar surface area (TPSA) is 48.3 Å². The highest BCUT2D eigenvalue weighted by molar-refractivity contribution is 5.13. The molecule has 18 heavy (non-hydrogen) atoms. The summed E-state index contributed by atoms with van der Waals surface area (Å²) in [6.07, 6.45) is 4.17. The summed E-state index contributed by atoms with van der Waals surface area (Å²) in [5, 5.41) is 12.9. The number of morpholine rings is 1. The lowest BCUT2D eigenvalue weighted by Gasteiger charge is -2.38. The molecule has 1 aliphatic carbocycles. The number of nitrogens with one attached hydrogen (secondary N) is 1. The molecule has 0 aromatic rings. The lowest BCUT2D eigenvalue weighted by molar-refractivity contribution is -0.0214. The molecule has 102 valence electrons. The molecule has 3 atom stereocenters. The molecule has 0 spiro atoms. The quantitative estimate of drug-likeness (QED) is 0.823. The molecule has 0 aromatic heterocycles. The average Bonchev–Trinajstić information content (AvgIpc) is 2.82. The van der Waals surface area contributed by atoms with Crippen molar-refractivity contribution in [1.82, 2.24) is 10.2 Å². The lowest BCUT2D eigenvalue weighted by Crippen LogP contribution is -2.50. The molecule has 0 aromatic carbocycles. The first kappa shape index (κ1) is 13.8. The van der Waals surface area contributed by atoms with Gasteiger partial charge in [-0.3, -0.25) is 10.2 Å². The van der Waals surface area contributed by atoms with Crippen LogP contribution < -0.4 is 5.32 Å². The summed E-state index contributed by atoms with van der Waals surface area (Å²) in [7, 11) is 0. The standard InChI is InChI=1S/C14H25N3O/c1-3-6-16-14(11-15)5-4-13(9-14)17-7-8-18-10-12(17)2/h12-13,16H,3-10H2,1-2H3. The number of nitriles is 1. The molecule has 4 heteroatoms. The Kier molecular flexibility index (Phi) is 4.60. The minimum Gasteiger partial charge on any atom is -0.379 e. The van der Waals surface area contributed by atoms with Gasteiger partial charge in [-0.2, -0.15) is 5.26 Å². The van der Waals surface area contributed by atoms with Crippen LogP contribution in [0.2, 0.25) is 0 Å². The Hall–Kier alpha value is -0.630. The third kappa shape index (κ3) is 2.85. The van der Waals surface area contributed by atoms with Gasteiger partial charge < -0.3 is 4.74 Å². The second-order valence-corrected chi connectivity index (χ2v) is 5.68. The van der Waals surface area contributed by atoms with E-state index < -0.39 is 0 Å². The van der Waals surface area contributed by atoms with Crippen LogP contribution in [0.25, 0.3) is 0 Å². The molecule has 2 fully saturated rings. The molecule has 0 radical (unpaired) electrons. The van der Waals surface area contributed by atoms with Crippen molar-refractivity contribution in [2.45, 2.75) is 57.2 Å². The van der Waals surface area contributed by atoms with Crippen molar-refractivity contribution in [3.05, 3.63) is 0 Å². The van der Waals surface area contributed by atoms with E-state index in [1.807, 2.05) is 0 Å². The van der Waals surface area contributed by atoms with Crippen LogP contribution in [0.1, 0.15) is 39.5 Å². The fourth-order valence-corrected chi connectivity index (χ4v) is 3.25.